The molecule has 1 heterocycles. The van der Waals surface area contributed by atoms with Crippen LogP contribution in [0.15, 0.2) is 102 Å². The molecule has 0 fully saturated rings. The predicted molar refractivity (Wildman–Crippen MR) is 123 cm³/mol. The van der Waals surface area contributed by atoms with Crippen molar-refractivity contribution in [1.82, 2.24) is 9.78 Å². The SMILES string of the molecule is CC(C)[C@H](N)C(=O)O.c1ccc(/N=c2\[n-]n(-c3ccccc3)c[n+]2-c2ccccc2)cc1. The van der Waals surface area contributed by atoms with Gasteiger partial charge in [0.15, 0.2) is 0 Å². The van der Waals surface area contributed by atoms with Gasteiger partial charge in [0.1, 0.15) is 12.4 Å². The fraction of sp³-hybridized carbons (Fsp3) is 0.160. The molecule has 0 bridgehead atoms. The summed E-state index contributed by atoms with van der Waals surface area (Å²) in [7, 11) is 0. The van der Waals surface area contributed by atoms with Gasteiger partial charge in [-0.1, -0.05) is 68.4 Å². The molecule has 32 heavy (non-hydrogen) atoms. The van der Waals surface area contributed by atoms with Crippen molar-refractivity contribution < 1.29 is 14.5 Å². The highest BCUT2D eigenvalue weighted by molar-refractivity contribution is 5.73. The third-order valence-electron chi connectivity index (χ3n) is 4.68. The topological polar surface area (TPSA) is 98.6 Å². The van der Waals surface area contributed by atoms with Crippen LogP contribution in [0.5, 0.6) is 0 Å². The number of aliphatic carboxylic acids is 1. The highest BCUT2D eigenvalue weighted by atomic mass is 16.4. The number of hydrogen-bond donors (Lipinski definition) is 2. The number of nitrogens with two attached hydrogens (primary N) is 1. The lowest BCUT2D eigenvalue weighted by atomic mass is 10.1. The molecule has 164 valence electrons. The third kappa shape index (κ3) is 6.02. The molecule has 1 aromatic heterocycles. The van der Waals surface area contributed by atoms with Crippen LogP contribution < -0.4 is 21.0 Å². The number of nitrogens with zero attached hydrogens (tertiary/aromatic N) is 4. The van der Waals surface area contributed by atoms with Crippen LogP contribution in [0.1, 0.15) is 13.8 Å². The summed E-state index contributed by atoms with van der Waals surface area (Å²) in [6.07, 6.45) is 1.95. The monoisotopic (exact) mass is 429 g/mol. The fourth-order valence-corrected chi connectivity index (χ4v) is 2.79. The van der Waals surface area contributed by atoms with E-state index in [0.29, 0.717) is 5.62 Å². The molecular weight excluding hydrogens is 402 g/mol. The van der Waals surface area contributed by atoms with Crippen LogP contribution >= 0.6 is 0 Å². The van der Waals surface area contributed by atoms with Crippen molar-refractivity contribution in [2.75, 3.05) is 0 Å². The van der Waals surface area contributed by atoms with Crippen LogP contribution in [-0.2, 0) is 4.79 Å². The lowest BCUT2D eigenvalue weighted by Crippen LogP contribution is -2.46. The molecule has 3 aromatic carbocycles. The van der Waals surface area contributed by atoms with Gasteiger partial charge in [0.25, 0.3) is 5.62 Å². The van der Waals surface area contributed by atoms with Crippen molar-refractivity contribution in [3.05, 3.63) is 103 Å². The van der Waals surface area contributed by atoms with Gasteiger partial charge >= 0.3 is 5.97 Å². The number of rotatable bonds is 5. The van der Waals surface area contributed by atoms with E-state index in [4.69, 9.17) is 15.8 Å². The highest BCUT2D eigenvalue weighted by Crippen LogP contribution is 2.08. The zero-order valence-electron chi connectivity index (χ0n) is 18.1. The van der Waals surface area contributed by atoms with Gasteiger partial charge < -0.3 is 10.8 Å². The van der Waals surface area contributed by atoms with Crippen LogP contribution in [-0.4, -0.2) is 21.8 Å². The molecule has 0 saturated carbocycles. The number of aromatic nitrogens is 3. The van der Waals surface area contributed by atoms with Gasteiger partial charge in [0, 0.05) is 0 Å². The summed E-state index contributed by atoms with van der Waals surface area (Å²) in [6.45, 7) is 3.55. The first-order valence-corrected chi connectivity index (χ1v) is 10.3. The Morgan fingerprint density at radius 1 is 0.938 bits per heavy atom. The van der Waals surface area contributed by atoms with Gasteiger partial charge in [0.2, 0.25) is 0 Å². The first-order chi connectivity index (χ1) is 15.5. The van der Waals surface area contributed by atoms with Crippen molar-refractivity contribution >= 4 is 11.7 Å². The van der Waals surface area contributed by atoms with Crippen LogP contribution in [0.3, 0.4) is 0 Å². The second kappa shape index (κ2) is 10.9. The van der Waals surface area contributed by atoms with E-state index in [-0.39, 0.29) is 5.92 Å². The molecule has 1 atom stereocenters. The second-order valence-electron chi connectivity index (χ2n) is 7.46. The maximum Gasteiger partial charge on any atom is 0.320 e. The van der Waals surface area contributed by atoms with Crippen LogP contribution in [0.25, 0.3) is 11.4 Å². The molecule has 0 radical (unpaired) electrons. The molecule has 0 saturated heterocycles. The average molecular weight is 430 g/mol. The average Bonchev–Trinajstić information content (AvgIpc) is 3.24. The summed E-state index contributed by atoms with van der Waals surface area (Å²) in [6, 6.07) is 29.3. The minimum absolute atomic E-state index is 0.0208. The minimum atomic E-state index is -0.931. The zero-order chi connectivity index (χ0) is 22.9. The van der Waals surface area contributed by atoms with Crippen LogP contribution in [0.2, 0.25) is 0 Å². The van der Waals surface area contributed by atoms with Gasteiger partial charge in [0.05, 0.1) is 17.1 Å². The van der Waals surface area contributed by atoms with Gasteiger partial charge in [-0.25, -0.2) is 9.67 Å². The number of para-hydroxylation sites is 3. The van der Waals surface area contributed by atoms with E-state index in [0.717, 1.165) is 17.1 Å². The maximum atomic E-state index is 10.0. The van der Waals surface area contributed by atoms with Crippen molar-refractivity contribution in [3.8, 4) is 11.4 Å². The summed E-state index contributed by atoms with van der Waals surface area (Å²) in [5.41, 5.74) is 8.69. The Bertz CT molecular complexity index is 1180. The van der Waals surface area contributed by atoms with Crippen molar-refractivity contribution in [2.45, 2.75) is 19.9 Å². The lowest BCUT2D eigenvalue weighted by molar-refractivity contribution is -0.614. The number of benzene rings is 3. The highest BCUT2D eigenvalue weighted by Gasteiger charge is 2.14. The third-order valence-corrected chi connectivity index (χ3v) is 4.68. The summed E-state index contributed by atoms with van der Waals surface area (Å²) < 4.78 is 3.83. The van der Waals surface area contributed by atoms with E-state index in [1.165, 1.54) is 0 Å². The number of carboxylic acid groups (broad SMARTS) is 1. The standard InChI is InChI=1S/C20H16N4.C5H11NO2/c1-4-10-17(11-5-1)21-20-22-24(19-14-8-3-9-15-19)16-23(20)18-12-6-2-7-13-18;1-3(2)4(6)5(7)8/h1-16H;3-4H,6H2,1-2H3,(H,7,8)/t;4-/m.0/s1. The molecule has 4 aromatic rings. The molecular formula is C25H27N5O2. The largest absolute Gasteiger partial charge is 0.480 e. The van der Waals surface area contributed by atoms with E-state index in [1.54, 1.807) is 13.8 Å². The molecule has 0 unspecified atom stereocenters. The van der Waals surface area contributed by atoms with E-state index >= 15 is 0 Å². The molecule has 0 aliphatic rings. The van der Waals surface area contributed by atoms with Crippen molar-refractivity contribution in [2.24, 2.45) is 16.6 Å². The Kier molecular flexibility index (Phi) is 7.72. The smallest absolute Gasteiger partial charge is 0.320 e. The zero-order valence-corrected chi connectivity index (χ0v) is 18.1. The molecule has 7 nitrogen and oxygen atoms in total. The van der Waals surface area contributed by atoms with Gasteiger partial charge in [-0.05, 0) is 42.3 Å². The number of carboxylic acids is 1. The van der Waals surface area contributed by atoms with Gasteiger partial charge in [-0.15, -0.1) is 5.10 Å². The number of carbonyl (C=O) groups is 1. The lowest BCUT2D eigenvalue weighted by Gasteiger charge is -2.07. The maximum absolute atomic E-state index is 10.0. The number of hydrogen-bond acceptors (Lipinski definition) is 3. The molecule has 0 aliphatic heterocycles. The fourth-order valence-electron chi connectivity index (χ4n) is 2.79. The molecule has 0 amide bonds. The van der Waals surface area contributed by atoms with E-state index < -0.39 is 12.0 Å². The van der Waals surface area contributed by atoms with E-state index in [1.807, 2.05) is 107 Å². The summed E-state index contributed by atoms with van der Waals surface area (Å²) >= 11 is 0. The normalized spacial score (nSPS) is 12.2. The Labute approximate surface area is 187 Å². The van der Waals surface area contributed by atoms with Crippen molar-refractivity contribution in [1.29, 1.82) is 0 Å². The molecule has 3 N–H and O–H groups in total. The quantitative estimate of drug-likeness (QED) is 0.477. The minimum Gasteiger partial charge on any atom is -0.480 e. The summed E-state index contributed by atoms with van der Waals surface area (Å²) in [5.74, 6) is -0.910. The Morgan fingerprint density at radius 2 is 1.47 bits per heavy atom. The summed E-state index contributed by atoms with van der Waals surface area (Å²) in [4.78, 5) is 14.7. The van der Waals surface area contributed by atoms with Crippen molar-refractivity contribution in [3.63, 3.8) is 0 Å². The first-order valence-electron chi connectivity index (χ1n) is 10.3. The van der Waals surface area contributed by atoms with Gasteiger partial charge in [-0.2, -0.15) is 0 Å². The Balaban J connectivity index is 0.000000312. The predicted octanol–water partition coefficient (Wildman–Crippen LogP) is 3.00. The molecule has 0 spiro atoms. The van der Waals surface area contributed by atoms with Crippen LogP contribution in [0, 0.1) is 5.92 Å². The molecule has 7 heteroatoms. The first kappa shape index (κ1) is 22.7. The molecule has 4 rings (SSSR count). The second-order valence-corrected chi connectivity index (χ2v) is 7.46. The Hall–Kier alpha value is -3.97. The Morgan fingerprint density at radius 3 is 1.97 bits per heavy atom. The van der Waals surface area contributed by atoms with Crippen LogP contribution in [0.4, 0.5) is 5.69 Å². The molecule has 0 aliphatic carbocycles. The summed E-state index contributed by atoms with van der Waals surface area (Å²) in [5, 5.41) is 12.9. The van der Waals surface area contributed by atoms with E-state index in [9.17, 15) is 4.79 Å². The van der Waals surface area contributed by atoms with Gasteiger partial charge in [-0.3, -0.25) is 9.36 Å². The van der Waals surface area contributed by atoms with E-state index in [2.05, 4.69) is 5.10 Å².